The molecule has 22 heavy (non-hydrogen) atoms. The summed E-state index contributed by atoms with van der Waals surface area (Å²) >= 11 is 0. The van der Waals surface area contributed by atoms with E-state index in [1.807, 2.05) is 13.8 Å². The molecule has 0 saturated carbocycles. The number of carbonyl (C=O) groups is 3. The first kappa shape index (κ1) is 20.7. The highest BCUT2D eigenvalue weighted by molar-refractivity contribution is 5.88. The Labute approximate surface area is 137 Å². The summed E-state index contributed by atoms with van der Waals surface area (Å²) in [5.74, 6) is -1.04. The number of amides is 2. The van der Waals surface area contributed by atoms with Crippen LogP contribution in [-0.2, 0) is 19.1 Å². The zero-order chi connectivity index (χ0) is 16.0. The molecule has 2 amide bonds. The molecule has 8 heteroatoms. The Hall–Kier alpha value is -1.34. The number of esters is 1. The van der Waals surface area contributed by atoms with E-state index in [0.29, 0.717) is 19.4 Å². The van der Waals surface area contributed by atoms with Gasteiger partial charge in [0.2, 0.25) is 11.8 Å². The zero-order valence-electron chi connectivity index (χ0n) is 13.3. The van der Waals surface area contributed by atoms with Crippen LogP contribution < -0.4 is 16.4 Å². The third-order valence-corrected chi connectivity index (χ3v) is 3.55. The molecule has 1 rings (SSSR count). The summed E-state index contributed by atoms with van der Waals surface area (Å²) in [6, 6.07) is -1.51. The monoisotopic (exact) mass is 335 g/mol. The molecular formula is C14H26ClN3O4. The molecule has 128 valence electrons. The number of nitrogens with two attached hydrogens (primary N) is 1. The molecule has 1 heterocycles. The Balaban J connectivity index is 0.00000441. The third-order valence-electron chi connectivity index (χ3n) is 3.55. The van der Waals surface area contributed by atoms with E-state index >= 15 is 0 Å². The summed E-state index contributed by atoms with van der Waals surface area (Å²) < 4.78 is 4.69. The van der Waals surface area contributed by atoms with Crippen molar-refractivity contribution in [3.8, 4) is 0 Å². The van der Waals surface area contributed by atoms with Crippen LogP contribution in [0, 0.1) is 11.8 Å². The summed E-state index contributed by atoms with van der Waals surface area (Å²) in [6.07, 6.45) is 1.42. The van der Waals surface area contributed by atoms with Gasteiger partial charge in [-0.2, -0.15) is 0 Å². The Kier molecular flexibility index (Phi) is 9.04. The predicted molar refractivity (Wildman–Crippen MR) is 84.4 cm³/mol. The third kappa shape index (κ3) is 6.19. The summed E-state index contributed by atoms with van der Waals surface area (Å²) in [7, 11) is 1.25. The van der Waals surface area contributed by atoms with Crippen molar-refractivity contribution in [2.75, 3.05) is 13.7 Å². The van der Waals surface area contributed by atoms with Gasteiger partial charge >= 0.3 is 5.97 Å². The van der Waals surface area contributed by atoms with Gasteiger partial charge in [-0.1, -0.05) is 13.8 Å². The second kappa shape index (κ2) is 9.63. The molecule has 0 aromatic heterocycles. The minimum atomic E-state index is -0.838. The van der Waals surface area contributed by atoms with Crippen molar-refractivity contribution in [1.29, 1.82) is 0 Å². The van der Waals surface area contributed by atoms with Crippen LogP contribution in [0.15, 0.2) is 0 Å². The van der Waals surface area contributed by atoms with Gasteiger partial charge in [-0.15, -0.1) is 12.4 Å². The van der Waals surface area contributed by atoms with Gasteiger partial charge in [-0.3, -0.25) is 9.59 Å². The molecule has 0 bridgehead atoms. The molecule has 3 atom stereocenters. The largest absolute Gasteiger partial charge is 0.467 e. The van der Waals surface area contributed by atoms with Gasteiger partial charge in [-0.25, -0.2) is 4.79 Å². The number of hydrogen-bond donors (Lipinski definition) is 3. The fourth-order valence-electron chi connectivity index (χ4n) is 2.40. The second-order valence-electron chi connectivity index (χ2n) is 5.83. The van der Waals surface area contributed by atoms with Gasteiger partial charge in [0.15, 0.2) is 0 Å². The van der Waals surface area contributed by atoms with Gasteiger partial charge in [0.1, 0.15) is 6.04 Å². The first-order valence-electron chi connectivity index (χ1n) is 7.26. The smallest absolute Gasteiger partial charge is 0.328 e. The average Bonchev–Trinajstić information content (AvgIpc) is 2.81. The SMILES string of the molecule is COC(=O)[C@H](C[C@@H]1CCNC1=O)NC(=O)[C@@H](N)CC(C)C.Cl. The van der Waals surface area contributed by atoms with Crippen LogP contribution in [0.2, 0.25) is 0 Å². The normalized spacial score (nSPS) is 19.9. The number of ether oxygens (including phenoxy) is 1. The highest BCUT2D eigenvalue weighted by Gasteiger charge is 2.32. The first-order valence-corrected chi connectivity index (χ1v) is 7.26. The maximum Gasteiger partial charge on any atom is 0.328 e. The Morgan fingerprint density at radius 2 is 2.09 bits per heavy atom. The van der Waals surface area contributed by atoms with Crippen molar-refractivity contribution in [2.45, 2.75) is 45.2 Å². The fraction of sp³-hybridized carbons (Fsp3) is 0.786. The number of methoxy groups -OCH3 is 1. The van der Waals surface area contributed by atoms with E-state index in [4.69, 9.17) is 10.5 Å². The summed E-state index contributed by atoms with van der Waals surface area (Å²) in [5, 5.41) is 5.31. The van der Waals surface area contributed by atoms with Gasteiger partial charge in [0, 0.05) is 12.5 Å². The van der Waals surface area contributed by atoms with Crippen molar-refractivity contribution in [2.24, 2.45) is 17.6 Å². The molecule has 0 aliphatic carbocycles. The van der Waals surface area contributed by atoms with Crippen molar-refractivity contribution in [3.63, 3.8) is 0 Å². The summed E-state index contributed by atoms with van der Waals surface area (Å²) in [6.45, 7) is 4.53. The molecule has 1 fully saturated rings. The molecule has 4 N–H and O–H groups in total. The number of hydrogen-bond acceptors (Lipinski definition) is 5. The van der Waals surface area contributed by atoms with Crippen molar-refractivity contribution in [1.82, 2.24) is 10.6 Å². The molecular weight excluding hydrogens is 310 g/mol. The maximum absolute atomic E-state index is 12.0. The molecule has 1 aliphatic heterocycles. The number of halogens is 1. The second-order valence-corrected chi connectivity index (χ2v) is 5.83. The topological polar surface area (TPSA) is 111 Å². The van der Waals surface area contributed by atoms with E-state index in [9.17, 15) is 14.4 Å². The van der Waals surface area contributed by atoms with Crippen LogP contribution in [-0.4, -0.2) is 43.5 Å². The Morgan fingerprint density at radius 1 is 1.45 bits per heavy atom. The van der Waals surface area contributed by atoms with Crippen LogP contribution in [0.3, 0.4) is 0 Å². The van der Waals surface area contributed by atoms with E-state index in [1.165, 1.54) is 7.11 Å². The zero-order valence-corrected chi connectivity index (χ0v) is 14.1. The average molecular weight is 336 g/mol. The van der Waals surface area contributed by atoms with Crippen molar-refractivity contribution >= 4 is 30.2 Å². The van der Waals surface area contributed by atoms with E-state index in [2.05, 4.69) is 10.6 Å². The van der Waals surface area contributed by atoms with E-state index in [0.717, 1.165) is 0 Å². The number of nitrogens with one attached hydrogen (secondary N) is 2. The van der Waals surface area contributed by atoms with Crippen LogP contribution in [0.25, 0.3) is 0 Å². The van der Waals surface area contributed by atoms with Crippen LogP contribution in [0.5, 0.6) is 0 Å². The molecule has 0 radical (unpaired) electrons. The van der Waals surface area contributed by atoms with Gasteiger partial charge < -0.3 is 21.1 Å². The molecule has 0 aromatic carbocycles. The van der Waals surface area contributed by atoms with E-state index in [1.54, 1.807) is 0 Å². The Bertz CT molecular complexity index is 404. The quantitative estimate of drug-likeness (QED) is 0.566. The lowest BCUT2D eigenvalue weighted by Crippen LogP contribution is -2.50. The Morgan fingerprint density at radius 3 is 2.55 bits per heavy atom. The number of carbonyl (C=O) groups excluding carboxylic acids is 3. The lowest BCUT2D eigenvalue weighted by molar-refractivity contribution is -0.146. The standard InChI is InChI=1S/C14H25N3O4.ClH/c1-8(2)6-10(15)13(19)17-11(14(20)21-3)7-9-4-5-16-12(9)18;/h8-11H,4-7,15H2,1-3H3,(H,16,18)(H,17,19);1H/t9-,10-,11-;/m0./s1. The highest BCUT2D eigenvalue weighted by atomic mass is 35.5. The molecule has 0 spiro atoms. The lowest BCUT2D eigenvalue weighted by atomic mass is 9.97. The molecule has 0 aromatic rings. The fourth-order valence-corrected chi connectivity index (χ4v) is 2.40. The van der Waals surface area contributed by atoms with Crippen LogP contribution in [0.1, 0.15) is 33.1 Å². The van der Waals surface area contributed by atoms with Gasteiger partial charge in [-0.05, 0) is 25.2 Å². The minimum Gasteiger partial charge on any atom is -0.467 e. The van der Waals surface area contributed by atoms with E-state index < -0.39 is 24.0 Å². The van der Waals surface area contributed by atoms with Gasteiger partial charge in [0.25, 0.3) is 0 Å². The van der Waals surface area contributed by atoms with Crippen LogP contribution >= 0.6 is 12.4 Å². The predicted octanol–water partition coefficient (Wildman–Crippen LogP) is -0.0344. The molecule has 0 unspecified atom stereocenters. The highest BCUT2D eigenvalue weighted by Crippen LogP contribution is 2.17. The van der Waals surface area contributed by atoms with Gasteiger partial charge in [0.05, 0.1) is 13.2 Å². The summed E-state index contributed by atoms with van der Waals surface area (Å²) in [5.41, 5.74) is 5.80. The minimum absolute atomic E-state index is 0. The maximum atomic E-state index is 12.0. The van der Waals surface area contributed by atoms with Crippen molar-refractivity contribution < 1.29 is 19.1 Å². The van der Waals surface area contributed by atoms with Crippen molar-refractivity contribution in [3.05, 3.63) is 0 Å². The molecule has 7 nitrogen and oxygen atoms in total. The van der Waals surface area contributed by atoms with Crippen LogP contribution in [0.4, 0.5) is 0 Å². The van der Waals surface area contributed by atoms with E-state index in [-0.39, 0.29) is 36.6 Å². The summed E-state index contributed by atoms with van der Waals surface area (Å²) in [4.78, 5) is 35.4. The molecule has 1 aliphatic rings. The lowest BCUT2D eigenvalue weighted by Gasteiger charge is -2.21. The molecule has 1 saturated heterocycles. The number of rotatable bonds is 7. The first-order chi connectivity index (χ1) is 9.85.